The summed E-state index contributed by atoms with van der Waals surface area (Å²) in [6.07, 6.45) is 2.88. The molecule has 3 aromatic carbocycles. The number of anilines is 1. The maximum absolute atomic E-state index is 13.9. The van der Waals surface area contributed by atoms with Crippen molar-refractivity contribution in [1.29, 1.82) is 0 Å². The van der Waals surface area contributed by atoms with Crippen LogP contribution in [0.25, 0.3) is 10.9 Å². The molecule has 42 heavy (non-hydrogen) atoms. The van der Waals surface area contributed by atoms with Gasteiger partial charge in [0, 0.05) is 56.8 Å². The van der Waals surface area contributed by atoms with Crippen LogP contribution in [-0.4, -0.2) is 81.0 Å². The van der Waals surface area contributed by atoms with Crippen molar-refractivity contribution < 1.29 is 14.4 Å². The Morgan fingerprint density at radius 2 is 1.69 bits per heavy atom. The molecule has 1 fully saturated rings. The number of rotatable bonds is 4. The second-order valence-electron chi connectivity index (χ2n) is 11.3. The number of fused-ring (bicyclic) bond motifs is 4. The highest BCUT2D eigenvalue weighted by molar-refractivity contribution is 5.98. The highest BCUT2D eigenvalue weighted by Gasteiger charge is 2.36. The molecular weight excluding hydrogens is 530 g/mol. The SMILES string of the molecule is O=C1Nc2ccccc2CC1N1CCN(C(=O)N[C@@H]2Cc3ccc4[nH]ncc4c3CN(Cc3ccccc3)C2=O)CC1. The molecule has 0 spiro atoms. The van der Waals surface area contributed by atoms with Gasteiger partial charge >= 0.3 is 6.03 Å². The molecule has 1 unspecified atom stereocenters. The van der Waals surface area contributed by atoms with E-state index in [0.717, 1.165) is 38.8 Å². The van der Waals surface area contributed by atoms with E-state index in [1.165, 1.54) is 0 Å². The van der Waals surface area contributed by atoms with Crippen LogP contribution in [0.5, 0.6) is 0 Å². The van der Waals surface area contributed by atoms with E-state index in [0.29, 0.717) is 52.1 Å². The van der Waals surface area contributed by atoms with Crippen LogP contribution in [0, 0.1) is 0 Å². The van der Waals surface area contributed by atoms with Crippen LogP contribution in [0.3, 0.4) is 0 Å². The normalized spacial score (nSPS) is 21.0. The van der Waals surface area contributed by atoms with Gasteiger partial charge in [-0.3, -0.25) is 19.6 Å². The molecule has 4 heterocycles. The third kappa shape index (κ3) is 4.98. The zero-order valence-electron chi connectivity index (χ0n) is 23.3. The summed E-state index contributed by atoms with van der Waals surface area (Å²) in [6.45, 7) is 3.04. The van der Waals surface area contributed by atoms with Gasteiger partial charge < -0.3 is 20.4 Å². The lowest BCUT2D eigenvalue weighted by atomic mass is 9.97. The first-order chi connectivity index (χ1) is 20.5. The average Bonchev–Trinajstić information content (AvgIpc) is 3.46. The van der Waals surface area contributed by atoms with Gasteiger partial charge in [-0.1, -0.05) is 54.6 Å². The maximum Gasteiger partial charge on any atom is 0.318 e. The summed E-state index contributed by atoms with van der Waals surface area (Å²) < 4.78 is 0. The molecule has 0 aliphatic carbocycles. The molecule has 7 rings (SSSR count). The van der Waals surface area contributed by atoms with Crippen LogP contribution >= 0.6 is 0 Å². The van der Waals surface area contributed by atoms with Crippen molar-refractivity contribution in [3.05, 3.63) is 95.2 Å². The van der Waals surface area contributed by atoms with E-state index in [1.807, 2.05) is 77.8 Å². The number of benzene rings is 3. The quantitative estimate of drug-likeness (QED) is 0.354. The molecule has 3 aliphatic heterocycles. The van der Waals surface area contributed by atoms with Crippen molar-refractivity contribution in [3.63, 3.8) is 0 Å². The summed E-state index contributed by atoms with van der Waals surface area (Å²) in [6, 6.07) is 20.6. The number of carbonyl (C=O) groups excluding carboxylic acids is 3. The van der Waals surface area contributed by atoms with Gasteiger partial charge in [0.25, 0.3) is 0 Å². The standard InChI is InChI=1S/C32H33N7O3/c40-30-29(17-23-8-4-5-9-26(23)34-30)37-12-14-38(15-13-37)32(42)35-28-16-22-10-11-27-24(18-33-36-27)25(22)20-39(31(28)41)19-21-6-2-1-3-7-21/h1-11,18,28-29H,12-17,19-20H2,(H,33,36)(H,34,40)(H,35,42)/t28-,29?/m1/s1. The summed E-state index contributed by atoms with van der Waals surface area (Å²) in [5.41, 5.74) is 6.05. The van der Waals surface area contributed by atoms with E-state index in [9.17, 15) is 14.4 Å². The molecule has 0 bridgehead atoms. The van der Waals surface area contributed by atoms with Crippen molar-refractivity contribution in [2.24, 2.45) is 0 Å². The van der Waals surface area contributed by atoms with E-state index < -0.39 is 6.04 Å². The number of aromatic amines is 1. The Kier molecular flexibility index (Phi) is 6.83. The van der Waals surface area contributed by atoms with Gasteiger partial charge in [-0.2, -0.15) is 5.10 Å². The van der Waals surface area contributed by atoms with Crippen molar-refractivity contribution in [3.8, 4) is 0 Å². The van der Waals surface area contributed by atoms with E-state index in [2.05, 4.69) is 25.7 Å². The average molecular weight is 564 g/mol. The fourth-order valence-electron chi connectivity index (χ4n) is 6.46. The predicted molar refractivity (Wildman–Crippen MR) is 159 cm³/mol. The minimum absolute atomic E-state index is 0.000410. The van der Waals surface area contributed by atoms with Crippen LogP contribution in [-0.2, 0) is 35.5 Å². The van der Waals surface area contributed by atoms with Crippen molar-refractivity contribution in [2.75, 3.05) is 31.5 Å². The molecule has 4 aromatic rings. The summed E-state index contributed by atoms with van der Waals surface area (Å²) in [5, 5.41) is 14.3. The summed E-state index contributed by atoms with van der Waals surface area (Å²) in [4.78, 5) is 46.0. The van der Waals surface area contributed by atoms with E-state index in [1.54, 1.807) is 4.90 Å². The number of aromatic nitrogens is 2. The number of amides is 4. The predicted octanol–water partition coefficient (Wildman–Crippen LogP) is 2.91. The summed E-state index contributed by atoms with van der Waals surface area (Å²) in [5.74, 6) is -0.101. The number of urea groups is 1. The molecule has 10 heteroatoms. The summed E-state index contributed by atoms with van der Waals surface area (Å²) >= 11 is 0. The lowest BCUT2D eigenvalue weighted by Gasteiger charge is -2.40. The van der Waals surface area contributed by atoms with Crippen LogP contribution in [0.4, 0.5) is 10.5 Å². The zero-order valence-corrected chi connectivity index (χ0v) is 23.3. The Labute approximate surface area is 243 Å². The molecule has 10 nitrogen and oxygen atoms in total. The number of nitrogens with zero attached hydrogens (tertiary/aromatic N) is 4. The van der Waals surface area contributed by atoms with Gasteiger partial charge in [0.1, 0.15) is 6.04 Å². The minimum Gasteiger partial charge on any atom is -0.332 e. The zero-order chi connectivity index (χ0) is 28.6. The molecule has 3 N–H and O–H groups in total. The highest BCUT2D eigenvalue weighted by Crippen LogP contribution is 2.28. The van der Waals surface area contributed by atoms with Crippen LogP contribution in [0.15, 0.2) is 72.9 Å². The fraction of sp³-hybridized carbons (Fsp3) is 0.312. The van der Waals surface area contributed by atoms with Gasteiger partial charge in [0.05, 0.1) is 17.8 Å². The summed E-state index contributed by atoms with van der Waals surface area (Å²) in [7, 11) is 0. The molecule has 2 atom stereocenters. The first-order valence-electron chi connectivity index (χ1n) is 14.5. The third-order valence-corrected chi connectivity index (χ3v) is 8.76. The number of para-hydroxylation sites is 1. The first-order valence-corrected chi connectivity index (χ1v) is 14.5. The van der Waals surface area contributed by atoms with Crippen molar-refractivity contribution >= 4 is 34.4 Å². The number of nitrogens with one attached hydrogen (secondary N) is 3. The molecule has 1 saturated heterocycles. The highest BCUT2D eigenvalue weighted by atomic mass is 16.2. The molecule has 0 radical (unpaired) electrons. The van der Waals surface area contributed by atoms with Crippen LogP contribution in [0.1, 0.15) is 22.3 Å². The Morgan fingerprint density at radius 3 is 2.52 bits per heavy atom. The molecule has 4 amide bonds. The largest absolute Gasteiger partial charge is 0.332 e. The van der Waals surface area contributed by atoms with Gasteiger partial charge in [-0.25, -0.2) is 4.79 Å². The van der Waals surface area contributed by atoms with Crippen LogP contribution < -0.4 is 10.6 Å². The first kappa shape index (κ1) is 26.2. The number of carbonyl (C=O) groups is 3. The Morgan fingerprint density at radius 1 is 0.905 bits per heavy atom. The van der Waals surface area contributed by atoms with Crippen molar-refractivity contribution in [1.82, 2.24) is 30.2 Å². The number of piperazine rings is 1. The second-order valence-corrected chi connectivity index (χ2v) is 11.3. The number of H-pyrrole nitrogens is 1. The van der Waals surface area contributed by atoms with Gasteiger partial charge in [0.15, 0.2) is 0 Å². The molecular formula is C32H33N7O3. The molecule has 214 valence electrons. The Balaban J connectivity index is 1.06. The monoisotopic (exact) mass is 563 g/mol. The number of hydrogen-bond donors (Lipinski definition) is 3. The van der Waals surface area contributed by atoms with Crippen molar-refractivity contribution in [2.45, 2.75) is 38.0 Å². The smallest absolute Gasteiger partial charge is 0.318 e. The minimum atomic E-state index is -0.689. The Hall–Kier alpha value is -4.70. The molecule has 1 aromatic heterocycles. The van der Waals surface area contributed by atoms with Crippen LogP contribution in [0.2, 0.25) is 0 Å². The molecule has 0 saturated carbocycles. The third-order valence-electron chi connectivity index (χ3n) is 8.76. The van der Waals surface area contributed by atoms with E-state index in [-0.39, 0.29) is 23.9 Å². The Bertz CT molecular complexity index is 1640. The maximum atomic E-state index is 13.9. The fourth-order valence-corrected chi connectivity index (χ4v) is 6.46. The van der Waals surface area contributed by atoms with Gasteiger partial charge in [0.2, 0.25) is 11.8 Å². The lowest BCUT2D eigenvalue weighted by molar-refractivity contribution is -0.134. The lowest BCUT2D eigenvalue weighted by Crippen LogP contribution is -2.59. The second kappa shape index (κ2) is 10.9. The van der Waals surface area contributed by atoms with E-state index >= 15 is 0 Å². The molecule has 3 aliphatic rings. The van der Waals surface area contributed by atoms with Gasteiger partial charge in [-0.05, 0) is 40.8 Å². The van der Waals surface area contributed by atoms with E-state index in [4.69, 9.17) is 0 Å². The van der Waals surface area contributed by atoms with Gasteiger partial charge in [-0.15, -0.1) is 0 Å². The number of hydrogen-bond acceptors (Lipinski definition) is 5. The topological polar surface area (TPSA) is 114 Å².